The molecule has 0 radical (unpaired) electrons. The Hall–Kier alpha value is -0.0400. The van der Waals surface area contributed by atoms with Gasteiger partial charge in [0.05, 0.1) is 0 Å². The fraction of sp³-hybridized carbons (Fsp3) is 1.00. The van der Waals surface area contributed by atoms with Crippen LogP contribution in [0.1, 0.15) is 40.0 Å². The van der Waals surface area contributed by atoms with Crippen molar-refractivity contribution < 1.29 is 0 Å². The maximum atomic E-state index is 6.19. The maximum absolute atomic E-state index is 6.19. The standard InChI is InChI=1S/C11H19N/c1-9(2)7-6-8(12)10(3)4-5-11(7,9)10/h7-8H,4-6,12H2,1-3H3/t7?,8-,10-,11?/m0/s1. The van der Waals surface area contributed by atoms with Gasteiger partial charge in [0, 0.05) is 6.04 Å². The highest BCUT2D eigenvalue weighted by molar-refractivity contribution is 5.34. The summed E-state index contributed by atoms with van der Waals surface area (Å²) in [6, 6.07) is 0.504. The van der Waals surface area contributed by atoms with Crippen LogP contribution >= 0.6 is 0 Å². The zero-order chi connectivity index (χ0) is 8.78. The van der Waals surface area contributed by atoms with Gasteiger partial charge in [0.15, 0.2) is 0 Å². The first-order chi connectivity index (χ1) is 5.47. The fourth-order valence-corrected chi connectivity index (χ4v) is 4.91. The monoisotopic (exact) mass is 165 g/mol. The molecule has 0 amide bonds. The summed E-state index contributed by atoms with van der Waals surface area (Å²) in [4.78, 5) is 0. The fourth-order valence-electron chi connectivity index (χ4n) is 4.91. The van der Waals surface area contributed by atoms with Crippen molar-refractivity contribution in [2.45, 2.75) is 46.1 Å². The third-order valence-electron chi connectivity index (χ3n) is 5.90. The molecule has 3 aliphatic rings. The van der Waals surface area contributed by atoms with Crippen LogP contribution in [0.25, 0.3) is 0 Å². The van der Waals surface area contributed by atoms with Gasteiger partial charge >= 0.3 is 0 Å². The van der Waals surface area contributed by atoms with Crippen LogP contribution in [0.5, 0.6) is 0 Å². The van der Waals surface area contributed by atoms with E-state index in [9.17, 15) is 0 Å². The summed E-state index contributed by atoms with van der Waals surface area (Å²) in [5.74, 6) is 0.957. The Labute approximate surface area is 74.7 Å². The number of nitrogens with two attached hydrogens (primary N) is 1. The molecule has 3 aliphatic carbocycles. The molecule has 3 saturated carbocycles. The average molecular weight is 165 g/mol. The SMILES string of the molecule is CC1(C)C2C[C@H](N)[C@]3(C)CCC213. The summed E-state index contributed by atoms with van der Waals surface area (Å²) < 4.78 is 0. The van der Waals surface area contributed by atoms with Crippen molar-refractivity contribution in [1.29, 1.82) is 0 Å². The first-order valence-electron chi connectivity index (χ1n) is 5.22. The molecule has 2 unspecified atom stereocenters. The van der Waals surface area contributed by atoms with E-state index in [1.54, 1.807) is 0 Å². The molecule has 0 heterocycles. The summed E-state index contributed by atoms with van der Waals surface area (Å²) in [5, 5.41) is 0. The van der Waals surface area contributed by atoms with Crippen LogP contribution in [0.4, 0.5) is 0 Å². The van der Waals surface area contributed by atoms with Crippen LogP contribution in [-0.2, 0) is 0 Å². The van der Waals surface area contributed by atoms with Gasteiger partial charge in [-0.25, -0.2) is 0 Å². The summed E-state index contributed by atoms with van der Waals surface area (Å²) >= 11 is 0. The predicted octanol–water partition coefficient (Wildman–Crippen LogP) is 2.16. The van der Waals surface area contributed by atoms with Crippen molar-refractivity contribution in [3.8, 4) is 0 Å². The van der Waals surface area contributed by atoms with Gasteiger partial charge in [-0.15, -0.1) is 0 Å². The first kappa shape index (κ1) is 7.37. The Morgan fingerprint density at radius 1 is 1.17 bits per heavy atom. The van der Waals surface area contributed by atoms with E-state index in [0.717, 1.165) is 5.92 Å². The molecule has 12 heavy (non-hydrogen) atoms. The molecule has 1 heteroatoms. The summed E-state index contributed by atoms with van der Waals surface area (Å²) in [6.45, 7) is 7.32. The lowest BCUT2D eigenvalue weighted by Crippen LogP contribution is -2.51. The number of hydrogen-bond acceptors (Lipinski definition) is 1. The van der Waals surface area contributed by atoms with E-state index in [2.05, 4.69) is 20.8 Å². The molecule has 3 rings (SSSR count). The van der Waals surface area contributed by atoms with E-state index in [-0.39, 0.29) is 0 Å². The highest BCUT2D eigenvalue weighted by Crippen LogP contribution is 2.89. The van der Waals surface area contributed by atoms with Crippen molar-refractivity contribution in [1.82, 2.24) is 0 Å². The minimum absolute atomic E-state index is 0.504. The Balaban J connectivity index is 2.06. The van der Waals surface area contributed by atoms with Gasteiger partial charge in [0.1, 0.15) is 0 Å². The predicted molar refractivity (Wildman–Crippen MR) is 49.6 cm³/mol. The van der Waals surface area contributed by atoms with Crippen LogP contribution in [0.2, 0.25) is 0 Å². The lowest BCUT2D eigenvalue weighted by atomic mass is 9.54. The molecule has 3 fully saturated rings. The summed E-state index contributed by atoms with van der Waals surface area (Å²) in [6.07, 6.45) is 4.13. The van der Waals surface area contributed by atoms with Crippen LogP contribution in [0.15, 0.2) is 0 Å². The molecule has 2 N–H and O–H groups in total. The molecule has 1 spiro atoms. The zero-order valence-corrected chi connectivity index (χ0v) is 8.35. The van der Waals surface area contributed by atoms with E-state index in [1.807, 2.05) is 0 Å². The van der Waals surface area contributed by atoms with Crippen molar-refractivity contribution in [2.75, 3.05) is 0 Å². The van der Waals surface area contributed by atoms with Crippen molar-refractivity contribution >= 4 is 0 Å². The second-order valence-corrected chi connectivity index (χ2v) is 6.01. The van der Waals surface area contributed by atoms with Gasteiger partial charge in [-0.1, -0.05) is 20.8 Å². The van der Waals surface area contributed by atoms with Gasteiger partial charge in [0.25, 0.3) is 0 Å². The maximum Gasteiger partial charge on any atom is 0.0102 e. The molecule has 0 aromatic rings. The summed E-state index contributed by atoms with van der Waals surface area (Å²) in [5.41, 5.74) is 8.01. The van der Waals surface area contributed by atoms with E-state index >= 15 is 0 Å². The molecule has 1 nitrogen and oxygen atoms in total. The van der Waals surface area contributed by atoms with E-state index < -0.39 is 0 Å². The zero-order valence-electron chi connectivity index (χ0n) is 8.35. The van der Waals surface area contributed by atoms with Crippen LogP contribution < -0.4 is 5.73 Å². The average Bonchev–Trinajstić information content (AvgIpc) is 2.41. The third kappa shape index (κ3) is 0.396. The minimum Gasteiger partial charge on any atom is -0.327 e. The van der Waals surface area contributed by atoms with Gasteiger partial charge in [-0.2, -0.15) is 0 Å². The Morgan fingerprint density at radius 3 is 2.17 bits per heavy atom. The molecule has 68 valence electrons. The lowest BCUT2D eigenvalue weighted by molar-refractivity contribution is -0.00944. The van der Waals surface area contributed by atoms with Crippen LogP contribution in [-0.4, -0.2) is 6.04 Å². The van der Waals surface area contributed by atoms with Crippen LogP contribution in [0.3, 0.4) is 0 Å². The molecule has 0 aromatic heterocycles. The van der Waals surface area contributed by atoms with Gasteiger partial charge in [-0.05, 0) is 41.4 Å². The smallest absolute Gasteiger partial charge is 0.0102 e. The van der Waals surface area contributed by atoms with Crippen molar-refractivity contribution in [3.05, 3.63) is 0 Å². The van der Waals surface area contributed by atoms with Gasteiger partial charge in [0.2, 0.25) is 0 Å². The Kier molecular flexibility index (Phi) is 0.919. The Bertz CT molecular complexity index is 258. The first-order valence-corrected chi connectivity index (χ1v) is 5.22. The summed E-state index contributed by atoms with van der Waals surface area (Å²) in [7, 11) is 0. The van der Waals surface area contributed by atoms with Crippen molar-refractivity contribution in [3.63, 3.8) is 0 Å². The van der Waals surface area contributed by atoms with E-state index in [4.69, 9.17) is 5.73 Å². The van der Waals surface area contributed by atoms with Crippen LogP contribution in [0, 0.1) is 22.2 Å². The highest BCUT2D eigenvalue weighted by Gasteiger charge is 2.85. The largest absolute Gasteiger partial charge is 0.327 e. The second-order valence-electron chi connectivity index (χ2n) is 6.01. The molecular weight excluding hydrogens is 146 g/mol. The molecule has 0 aliphatic heterocycles. The van der Waals surface area contributed by atoms with Gasteiger partial charge in [-0.3, -0.25) is 0 Å². The van der Waals surface area contributed by atoms with E-state index in [1.165, 1.54) is 19.3 Å². The van der Waals surface area contributed by atoms with Gasteiger partial charge < -0.3 is 5.73 Å². The quantitative estimate of drug-likeness (QED) is 0.585. The highest BCUT2D eigenvalue weighted by atomic mass is 14.9. The molecular formula is C11H19N. The molecule has 0 aromatic carbocycles. The number of rotatable bonds is 0. The van der Waals surface area contributed by atoms with E-state index in [0.29, 0.717) is 22.3 Å². The lowest BCUT2D eigenvalue weighted by Gasteiger charge is -2.51. The third-order valence-corrected chi connectivity index (χ3v) is 5.90. The van der Waals surface area contributed by atoms with Crippen molar-refractivity contribution in [2.24, 2.45) is 27.9 Å². The normalized spacial score (nSPS) is 65.0. The number of hydrogen-bond donors (Lipinski definition) is 1. The molecule has 4 atom stereocenters. The topological polar surface area (TPSA) is 26.0 Å². The Morgan fingerprint density at radius 2 is 1.83 bits per heavy atom. The minimum atomic E-state index is 0.504. The second kappa shape index (κ2) is 1.50. The molecule has 0 saturated heterocycles. The molecule has 0 bridgehead atoms.